The number of hydrogen-bond acceptors (Lipinski definition) is 3. The Kier molecular flexibility index (Phi) is 14.8. The standard InChI is InChI=1S/C21H41N3/c1-2-3-4-5-6-7-8-9-10-11-12-13-14-15-16-17-20-24-21-18-19-22-23-24/h18-19,21,23H,2-17,20H2,1H3. The van der Waals surface area contributed by atoms with Crippen LogP contribution in [0.5, 0.6) is 0 Å². The van der Waals surface area contributed by atoms with Crippen LogP contribution in [-0.4, -0.2) is 17.8 Å². The van der Waals surface area contributed by atoms with Crippen molar-refractivity contribution in [3.63, 3.8) is 0 Å². The minimum atomic E-state index is 1.06. The predicted molar refractivity (Wildman–Crippen MR) is 107 cm³/mol. The van der Waals surface area contributed by atoms with Gasteiger partial charge in [0.2, 0.25) is 0 Å². The first-order chi connectivity index (χ1) is 11.9. The fourth-order valence-corrected chi connectivity index (χ4v) is 3.28. The lowest BCUT2D eigenvalue weighted by Gasteiger charge is -2.20. The molecule has 140 valence electrons. The third kappa shape index (κ3) is 13.4. The lowest BCUT2D eigenvalue weighted by molar-refractivity contribution is 0.267. The molecule has 0 aromatic heterocycles. The fraction of sp³-hybridized carbons (Fsp3) is 0.857. The van der Waals surface area contributed by atoms with E-state index in [4.69, 9.17) is 0 Å². The maximum Gasteiger partial charge on any atom is 0.0503 e. The van der Waals surface area contributed by atoms with Crippen LogP contribution in [-0.2, 0) is 0 Å². The van der Waals surface area contributed by atoms with Crippen LogP contribution in [0.15, 0.2) is 17.4 Å². The summed E-state index contributed by atoms with van der Waals surface area (Å²) in [6.45, 7) is 3.35. The van der Waals surface area contributed by atoms with E-state index in [-0.39, 0.29) is 0 Å². The molecule has 1 aliphatic rings. The van der Waals surface area contributed by atoms with Gasteiger partial charge < -0.3 is 0 Å². The van der Waals surface area contributed by atoms with E-state index in [0.29, 0.717) is 0 Å². The second-order valence-electron chi connectivity index (χ2n) is 7.22. The molecule has 0 aromatic rings. The number of rotatable bonds is 17. The van der Waals surface area contributed by atoms with Crippen LogP contribution in [0.25, 0.3) is 0 Å². The highest BCUT2D eigenvalue weighted by Gasteiger charge is 1.99. The van der Waals surface area contributed by atoms with E-state index in [1.807, 2.05) is 6.08 Å². The van der Waals surface area contributed by atoms with E-state index in [1.165, 1.54) is 103 Å². The highest BCUT2D eigenvalue weighted by atomic mass is 15.6. The summed E-state index contributed by atoms with van der Waals surface area (Å²) in [5, 5.41) is 6.07. The zero-order chi connectivity index (χ0) is 17.1. The molecule has 24 heavy (non-hydrogen) atoms. The summed E-state index contributed by atoms with van der Waals surface area (Å²) in [6, 6.07) is 0. The molecule has 1 heterocycles. The van der Waals surface area contributed by atoms with Gasteiger partial charge in [0, 0.05) is 12.7 Å². The molecule has 0 aromatic carbocycles. The van der Waals surface area contributed by atoms with Crippen molar-refractivity contribution < 1.29 is 0 Å². The molecule has 1 N–H and O–H groups in total. The largest absolute Gasteiger partial charge is 0.279 e. The van der Waals surface area contributed by atoms with Gasteiger partial charge in [-0.1, -0.05) is 103 Å². The third-order valence-corrected chi connectivity index (χ3v) is 4.87. The van der Waals surface area contributed by atoms with E-state index in [2.05, 4.69) is 28.8 Å². The molecule has 0 radical (unpaired) electrons. The molecule has 1 aliphatic heterocycles. The Morgan fingerprint density at radius 2 is 1.12 bits per heavy atom. The summed E-state index contributed by atoms with van der Waals surface area (Å²) in [6.07, 6.45) is 28.6. The van der Waals surface area contributed by atoms with Gasteiger partial charge in [-0.3, -0.25) is 5.01 Å². The van der Waals surface area contributed by atoms with E-state index < -0.39 is 0 Å². The smallest absolute Gasteiger partial charge is 0.0503 e. The van der Waals surface area contributed by atoms with Gasteiger partial charge in [-0.25, -0.2) is 5.53 Å². The van der Waals surface area contributed by atoms with Crippen molar-refractivity contribution in [2.75, 3.05) is 6.54 Å². The normalized spacial score (nSPS) is 13.5. The zero-order valence-electron chi connectivity index (χ0n) is 16.1. The van der Waals surface area contributed by atoms with Crippen LogP contribution in [0.4, 0.5) is 0 Å². The van der Waals surface area contributed by atoms with Gasteiger partial charge in [0.05, 0.1) is 6.21 Å². The van der Waals surface area contributed by atoms with E-state index in [1.54, 1.807) is 6.21 Å². The minimum Gasteiger partial charge on any atom is -0.279 e. The quantitative estimate of drug-likeness (QED) is 0.304. The summed E-state index contributed by atoms with van der Waals surface area (Å²) >= 11 is 0. The SMILES string of the molecule is CCCCCCCCCCCCCCCCCCN1C=CC=NN1. The lowest BCUT2D eigenvalue weighted by atomic mass is 10.0. The summed E-state index contributed by atoms with van der Waals surface area (Å²) in [5.41, 5.74) is 2.99. The molecule has 3 nitrogen and oxygen atoms in total. The molecule has 0 aliphatic carbocycles. The van der Waals surface area contributed by atoms with Gasteiger partial charge in [0.1, 0.15) is 0 Å². The van der Waals surface area contributed by atoms with Crippen molar-refractivity contribution in [2.24, 2.45) is 5.10 Å². The van der Waals surface area contributed by atoms with E-state index in [0.717, 1.165) is 6.54 Å². The summed E-state index contributed by atoms with van der Waals surface area (Å²) in [7, 11) is 0. The molecule has 1 rings (SSSR count). The molecule has 0 saturated carbocycles. The number of nitrogens with one attached hydrogen (secondary N) is 1. The molecular formula is C21H41N3. The maximum atomic E-state index is 4.01. The number of hydrazone groups is 1. The Balaban J connectivity index is 1.67. The van der Waals surface area contributed by atoms with Crippen molar-refractivity contribution >= 4 is 6.21 Å². The number of hydrogen-bond donors (Lipinski definition) is 1. The topological polar surface area (TPSA) is 27.6 Å². The van der Waals surface area contributed by atoms with Crippen molar-refractivity contribution in [1.29, 1.82) is 0 Å². The molecule has 0 amide bonds. The molecule has 0 unspecified atom stereocenters. The molecular weight excluding hydrogens is 294 g/mol. The average molecular weight is 336 g/mol. The zero-order valence-corrected chi connectivity index (χ0v) is 16.1. The molecule has 0 bridgehead atoms. The second kappa shape index (κ2) is 16.9. The molecule has 0 atom stereocenters. The second-order valence-corrected chi connectivity index (χ2v) is 7.22. The highest BCUT2D eigenvalue weighted by Crippen LogP contribution is 2.13. The number of unbranched alkanes of at least 4 members (excludes halogenated alkanes) is 15. The predicted octanol–water partition coefficient (Wildman–Crippen LogP) is 6.57. The highest BCUT2D eigenvalue weighted by molar-refractivity contribution is 5.70. The number of allylic oxidation sites excluding steroid dienone is 1. The first kappa shape index (κ1) is 21.1. The number of nitrogens with zero attached hydrogens (tertiary/aromatic N) is 2. The van der Waals surface area contributed by atoms with E-state index in [9.17, 15) is 0 Å². The minimum absolute atomic E-state index is 1.06. The summed E-state index contributed by atoms with van der Waals surface area (Å²) in [4.78, 5) is 0. The Bertz CT molecular complexity index is 312. The lowest BCUT2D eigenvalue weighted by Crippen LogP contribution is -2.31. The third-order valence-electron chi connectivity index (χ3n) is 4.87. The molecule has 0 fully saturated rings. The van der Waals surface area contributed by atoms with Crippen LogP contribution in [0.3, 0.4) is 0 Å². The average Bonchev–Trinajstić information content (AvgIpc) is 2.62. The Hall–Kier alpha value is -0.990. The van der Waals surface area contributed by atoms with Gasteiger partial charge in [0.15, 0.2) is 0 Å². The van der Waals surface area contributed by atoms with Crippen LogP contribution in [0.1, 0.15) is 110 Å². The van der Waals surface area contributed by atoms with Crippen molar-refractivity contribution in [2.45, 2.75) is 110 Å². The molecule has 0 spiro atoms. The Labute approximate surface area is 150 Å². The first-order valence-electron chi connectivity index (χ1n) is 10.7. The van der Waals surface area contributed by atoms with Crippen LogP contribution >= 0.6 is 0 Å². The fourth-order valence-electron chi connectivity index (χ4n) is 3.28. The maximum absolute atomic E-state index is 4.01. The summed E-state index contributed by atoms with van der Waals surface area (Å²) in [5.74, 6) is 0. The first-order valence-corrected chi connectivity index (χ1v) is 10.7. The molecule has 0 saturated heterocycles. The molecule has 3 heteroatoms. The van der Waals surface area contributed by atoms with Crippen molar-refractivity contribution in [3.8, 4) is 0 Å². The van der Waals surface area contributed by atoms with Gasteiger partial charge in [-0.15, -0.1) is 0 Å². The van der Waals surface area contributed by atoms with Crippen molar-refractivity contribution in [1.82, 2.24) is 10.5 Å². The monoisotopic (exact) mass is 335 g/mol. The summed E-state index contributed by atoms with van der Waals surface area (Å²) < 4.78 is 0. The Morgan fingerprint density at radius 3 is 1.54 bits per heavy atom. The van der Waals surface area contributed by atoms with E-state index >= 15 is 0 Å². The van der Waals surface area contributed by atoms with Crippen LogP contribution in [0.2, 0.25) is 0 Å². The van der Waals surface area contributed by atoms with Crippen molar-refractivity contribution in [3.05, 3.63) is 12.3 Å². The van der Waals surface area contributed by atoms with Gasteiger partial charge in [-0.2, -0.15) is 5.10 Å². The Morgan fingerprint density at radius 1 is 0.667 bits per heavy atom. The van der Waals surface area contributed by atoms with Gasteiger partial charge in [-0.05, 0) is 12.5 Å². The van der Waals surface area contributed by atoms with Crippen LogP contribution < -0.4 is 5.53 Å². The number of hydrazine groups is 1. The van der Waals surface area contributed by atoms with Gasteiger partial charge in [0.25, 0.3) is 0 Å². The van der Waals surface area contributed by atoms with Gasteiger partial charge >= 0.3 is 0 Å². The van der Waals surface area contributed by atoms with Crippen LogP contribution in [0, 0.1) is 0 Å².